The zero-order chi connectivity index (χ0) is 17.8. The SMILES string of the molecule is Cc1ccc(C(=Cc2ccccc2)Nc2cccc3ccccc23)cc1. The van der Waals surface area contributed by atoms with Gasteiger partial charge in [0.15, 0.2) is 0 Å². The smallest absolute Gasteiger partial charge is 0.0464 e. The second kappa shape index (κ2) is 7.28. The number of fused-ring (bicyclic) bond motifs is 1. The van der Waals surface area contributed by atoms with Crippen molar-refractivity contribution in [1.29, 1.82) is 0 Å². The number of anilines is 1. The molecular formula is C25H21N. The maximum Gasteiger partial charge on any atom is 0.0464 e. The summed E-state index contributed by atoms with van der Waals surface area (Å²) in [4.78, 5) is 0. The number of rotatable bonds is 4. The van der Waals surface area contributed by atoms with E-state index in [1.807, 2.05) is 6.07 Å². The zero-order valence-corrected chi connectivity index (χ0v) is 14.8. The third-order valence-electron chi connectivity index (χ3n) is 4.53. The van der Waals surface area contributed by atoms with Gasteiger partial charge in [0.2, 0.25) is 0 Å². The van der Waals surface area contributed by atoms with Gasteiger partial charge in [0.05, 0.1) is 0 Å². The van der Waals surface area contributed by atoms with Gasteiger partial charge in [-0.3, -0.25) is 0 Å². The molecule has 0 aliphatic carbocycles. The Hall–Kier alpha value is -3.32. The summed E-state index contributed by atoms with van der Waals surface area (Å²) in [6.45, 7) is 2.11. The molecule has 4 aromatic carbocycles. The largest absolute Gasteiger partial charge is 0.355 e. The van der Waals surface area contributed by atoms with E-state index in [1.54, 1.807) is 0 Å². The summed E-state index contributed by atoms with van der Waals surface area (Å²) in [6.07, 6.45) is 2.20. The molecule has 0 spiro atoms. The van der Waals surface area contributed by atoms with Crippen LogP contribution in [0, 0.1) is 6.92 Å². The summed E-state index contributed by atoms with van der Waals surface area (Å²) < 4.78 is 0. The van der Waals surface area contributed by atoms with Gasteiger partial charge in [0, 0.05) is 16.8 Å². The van der Waals surface area contributed by atoms with Gasteiger partial charge in [-0.2, -0.15) is 0 Å². The first kappa shape index (κ1) is 16.2. The number of nitrogens with one attached hydrogen (secondary N) is 1. The lowest BCUT2D eigenvalue weighted by Crippen LogP contribution is -2.00. The molecule has 1 heteroatoms. The molecule has 0 amide bonds. The predicted octanol–water partition coefficient (Wildman–Crippen LogP) is 6.76. The van der Waals surface area contributed by atoms with Crippen LogP contribution in [-0.4, -0.2) is 0 Å². The van der Waals surface area contributed by atoms with E-state index < -0.39 is 0 Å². The van der Waals surface area contributed by atoms with Crippen LogP contribution in [0.3, 0.4) is 0 Å². The molecule has 0 fully saturated rings. The molecule has 1 nitrogen and oxygen atoms in total. The zero-order valence-electron chi connectivity index (χ0n) is 14.8. The van der Waals surface area contributed by atoms with E-state index >= 15 is 0 Å². The Morgan fingerprint density at radius 3 is 2.19 bits per heavy atom. The Kier molecular flexibility index (Phi) is 4.53. The first-order chi connectivity index (χ1) is 12.8. The second-order valence-electron chi connectivity index (χ2n) is 6.49. The molecule has 0 unspecified atom stereocenters. The Balaban J connectivity index is 1.80. The van der Waals surface area contributed by atoms with Gasteiger partial charge in [-0.25, -0.2) is 0 Å². The highest BCUT2D eigenvalue weighted by Gasteiger charge is 2.06. The van der Waals surface area contributed by atoms with Crippen molar-refractivity contribution >= 4 is 28.2 Å². The van der Waals surface area contributed by atoms with E-state index in [1.165, 1.54) is 27.5 Å². The fourth-order valence-corrected chi connectivity index (χ4v) is 3.12. The third kappa shape index (κ3) is 3.52. The molecule has 0 aliphatic rings. The standard InChI is InChI=1S/C25H21N/c1-19-14-16-22(17-15-19)25(18-20-8-3-2-4-9-20)26-24-13-7-11-21-10-5-6-12-23(21)24/h2-18,26H,1H3. The van der Waals surface area contributed by atoms with Crippen molar-refractivity contribution in [3.8, 4) is 0 Å². The fraction of sp³-hybridized carbons (Fsp3) is 0.0400. The van der Waals surface area contributed by atoms with E-state index in [-0.39, 0.29) is 0 Å². The molecule has 1 N–H and O–H groups in total. The lowest BCUT2D eigenvalue weighted by atomic mass is 10.0. The molecule has 4 rings (SSSR count). The van der Waals surface area contributed by atoms with Gasteiger partial charge < -0.3 is 5.32 Å². The highest BCUT2D eigenvalue weighted by atomic mass is 14.9. The summed E-state index contributed by atoms with van der Waals surface area (Å²) >= 11 is 0. The van der Waals surface area contributed by atoms with Gasteiger partial charge in [-0.1, -0.05) is 96.6 Å². The Morgan fingerprint density at radius 2 is 1.38 bits per heavy atom. The molecule has 126 valence electrons. The minimum Gasteiger partial charge on any atom is -0.355 e. The lowest BCUT2D eigenvalue weighted by Gasteiger charge is -2.14. The van der Waals surface area contributed by atoms with Crippen LogP contribution in [0.5, 0.6) is 0 Å². The van der Waals surface area contributed by atoms with E-state index in [9.17, 15) is 0 Å². The van der Waals surface area contributed by atoms with Gasteiger partial charge in [0.25, 0.3) is 0 Å². The van der Waals surface area contributed by atoms with Crippen LogP contribution in [-0.2, 0) is 0 Å². The highest BCUT2D eigenvalue weighted by Crippen LogP contribution is 2.28. The molecule has 0 aliphatic heterocycles. The molecule has 0 radical (unpaired) electrons. The molecule has 0 aromatic heterocycles. The Labute approximate surface area is 154 Å². The second-order valence-corrected chi connectivity index (χ2v) is 6.49. The quantitative estimate of drug-likeness (QED) is 0.406. The number of benzene rings is 4. The van der Waals surface area contributed by atoms with E-state index in [2.05, 4.69) is 109 Å². The topological polar surface area (TPSA) is 12.0 Å². The fourth-order valence-electron chi connectivity index (χ4n) is 3.12. The van der Waals surface area contributed by atoms with Gasteiger partial charge in [-0.15, -0.1) is 0 Å². The van der Waals surface area contributed by atoms with Crippen molar-refractivity contribution in [2.45, 2.75) is 6.92 Å². The molecule has 4 aromatic rings. The van der Waals surface area contributed by atoms with Crippen LogP contribution in [0.25, 0.3) is 22.5 Å². The first-order valence-corrected chi connectivity index (χ1v) is 8.88. The molecule has 0 bridgehead atoms. The van der Waals surface area contributed by atoms with E-state index in [0.717, 1.165) is 11.4 Å². The molecule has 0 saturated heterocycles. The van der Waals surface area contributed by atoms with Crippen molar-refractivity contribution in [1.82, 2.24) is 0 Å². The Bertz CT molecular complexity index is 1040. The molecule has 0 heterocycles. The minimum atomic E-state index is 1.09. The monoisotopic (exact) mass is 335 g/mol. The van der Waals surface area contributed by atoms with Crippen molar-refractivity contribution < 1.29 is 0 Å². The molecule has 26 heavy (non-hydrogen) atoms. The highest BCUT2D eigenvalue weighted by molar-refractivity contribution is 5.99. The Morgan fingerprint density at radius 1 is 0.692 bits per heavy atom. The first-order valence-electron chi connectivity index (χ1n) is 8.88. The van der Waals surface area contributed by atoms with Crippen LogP contribution in [0.4, 0.5) is 5.69 Å². The summed E-state index contributed by atoms with van der Waals surface area (Å²) in [5.74, 6) is 0. The van der Waals surface area contributed by atoms with Crippen molar-refractivity contribution in [2.75, 3.05) is 5.32 Å². The number of hydrogen-bond donors (Lipinski definition) is 1. The lowest BCUT2D eigenvalue weighted by molar-refractivity contribution is 1.44. The van der Waals surface area contributed by atoms with Gasteiger partial charge in [-0.05, 0) is 35.6 Å². The molecular weight excluding hydrogens is 314 g/mol. The number of hydrogen-bond acceptors (Lipinski definition) is 1. The summed E-state index contributed by atoms with van der Waals surface area (Å²) in [5, 5.41) is 6.13. The predicted molar refractivity (Wildman–Crippen MR) is 113 cm³/mol. The average molecular weight is 335 g/mol. The maximum atomic E-state index is 3.67. The van der Waals surface area contributed by atoms with Gasteiger partial charge in [0.1, 0.15) is 0 Å². The van der Waals surface area contributed by atoms with Crippen LogP contribution < -0.4 is 5.32 Å². The van der Waals surface area contributed by atoms with Crippen molar-refractivity contribution in [2.24, 2.45) is 0 Å². The minimum absolute atomic E-state index is 1.09. The van der Waals surface area contributed by atoms with Crippen LogP contribution in [0.2, 0.25) is 0 Å². The molecule has 0 saturated carbocycles. The normalized spacial score (nSPS) is 11.5. The average Bonchev–Trinajstić information content (AvgIpc) is 2.69. The van der Waals surface area contributed by atoms with Crippen molar-refractivity contribution in [3.05, 3.63) is 114 Å². The third-order valence-corrected chi connectivity index (χ3v) is 4.53. The van der Waals surface area contributed by atoms with Crippen LogP contribution in [0.15, 0.2) is 97.1 Å². The number of aryl methyl sites for hydroxylation is 1. The summed E-state index contributed by atoms with van der Waals surface area (Å²) in [7, 11) is 0. The summed E-state index contributed by atoms with van der Waals surface area (Å²) in [5.41, 5.74) is 5.82. The maximum absolute atomic E-state index is 3.67. The van der Waals surface area contributed by atoms with Crippen molar-refractivity contribution in [3.63, 3.8) is 0 Å². The van der Waals surface area contributed by atoms with Gasteiger partial charge >= 0.3 is 0 Å². The van der Waals surface area contributed by atoms with Crippen LogP contribution in [0.1, 0.15) is 16.7 Å². The van der Waals surface area contributed by atoms with Crippen LogP contribution >= 0.6 is 0 Å². The summed E-state index contributed by atoms with van der Waals surface area (Å²) in [6, 6.07) is 33.9. The van der Waals surface area contributed by atoms with E-state index in [0.29, 0.717) is 0 Å². The van der Waals surface area contributed by atoms with E-state index in [4.69, 9.17) is 0 Å². The molecule has 0 atom stereocenters.